The Morgan fingerprint density at radius 1 is 1.17 bits per heavy atom. The zero-order valence-corrected chi connectivity index (χ0v) is 18.2. The van der Waals surface area contributed by atoms with Crippen LogP contribution in [0.3, 0.4) is 0 Å². The molecule has 0 spiro atoms. The molecule has 3 rings (SSSR count). The van der Waals surface area contributed by atoms with E-state index in [0.717, 1.165) is 24.0 Å². The second-order valence-corrected chi connectivity index (χ2v) is 8.64. The fourth-order valence-electron chi connectivity index (χ4n) is 4.20. The molecule has 1 aliphatic rings. The molecule has 0 fully saturated rings. The average molecular weight is 403 g/mol. The number of hydrogen-bond acceptors (Lipinski definition) is 5. The highest BCUT2D eigenvalue weighted by Gasteiger charge is 2.27. The second kappa shape index (κ2) is 9.31. The van der Waals surface area contributed by atoms with E-state index in [2.05, 4.69) is 20.8 Å². The molecule has 0 radical (unpaired) electrons. The van der Waals surface area contributed by atoms with Gasteiger partial charge in [-0.3, -0.25) is 0 Å². The van der Waals surface area contributed by atoms with E-state index in [1.807, 2.05) is 19.1 Å². The van der Waals surface area contributed by atoms with Gasteiger partial charge in [-0.15, -0.1) is 0 Å². The molecule has 1 aromatic heterocycles. The van der Waals surface area contributed by atoms with Crippen LogP contribution in [0.4, 0.5) is 0 Å². The zero-order valence-electron chi connectivity index (χ0n) is 18.2. The number of fused-ring (bicyclic) bond motifs is 3. The normalized spacial score (nSPS) is 17.3. The van der Waals surface area contributed by atoms with Crippen molar-refractivity contribution in [2.45, 2.75) is 91.0 Å². The third kappa shape index (κ3) is 4.84. The van der Waals surface area contributed by atoms with Crippen molar-refractivity contribution in [3.63, 3.8) is 0 Å². The smallest absolute Gasteiger partial charge is 0.339 e. The molecule has 0 amide bonds. The highest BCUT2D eigenvalue weighted by Crippen LogP contribution is 2.38. The summed E-state index contributed by atoms with van der Waals surface area (Å²) in [7, 11) is 0. The molecular formula is C24H34O5. The summed E-state index contributed by atoms with van der Waals surface area (Å²) in [6.45, 7) is 9.27. The Kier molecular flexibility index (Phi) is 7.01. The number of hydrogen-bond donors (Lipinski definition) is 1. The Balaban J connectivity index is 1.97. The topological polar surface area (TPSA) is 68.9 Å². The third-order valence-electron chi connectivity index (χ3n) is 6.03. The number of phenolic OH excluding ortho intramolecular Hbond substituents is 1. The average Bonchev–Trinajstić information content (AvgIpc) is 2.88. The largest absolute Gasteiger partial charge is 0.507 e. The molecule has 2 aromatic rings. The highest BCUT2D eigenvalue weighted by molar-refractivity contribution is 5.88. The van der Waals surface area contributed by atoms with E-state index in [1.54, 1.807) is 0 Å². The minimum atomic E-state index is -0.342. The fourth-order valence-corrected chi connectivity index (χ4v) is 4.20. The van der Waals surface area contributed by atoms with Gasteiger partial charge in [-0.25, -0.2) is 4.79 Å². The SMILES string of the molecule is CCCCCCC(C)(C)c1cc(O)c2c3c(c(=O)oc2c1)CCC(OCC)OC3. The Morgan fingerprint density at radius 2 is 1.97 bits per heavy atom. The number of rotatable bonds is 8. The lowest BCUT2D eigenvalue weighted by atomic mass is 9.79. The van der Waals surface area contributed by atoms with Gasteiger partial charge in [-0.1, -0.05) is 46.5 Å². The lowest BCUT2D eigenvalue weighted by Crippen LogP contribution is -2.17. The van der Waals surface area contributed by atoms with Crippen LogP contribution in [0.1, 0.15) is 82.9 Å². The summed E-state index contributed by atoms with van der Waals surface area (Å²) in [6, 6.07) is 3.74. The van der Waals surface area contributed by atoms with Crippen LogP contribution in [0.15, 0.2) is 21.3 Å². The van der Waals surface area contributed by atoms with E-state index in [1.165, 1.54) is 19.3 Å². The first-order valence-electron chi connectivity index (χ1n) is 10.9. The molecule has 1 aromatic carbocycles. The van der Waals surface area contributed by atoms with Gasteiger partial charge in [0, 0.05) is 24.2 Å². The number of benzene rings is 1. The maximum atomic E-state index is 12.7. The van der Waals surface area contributed by atoms with E-state index in [0.29, 0.717) is 36.0 Å². The van der Waals surface area contributed by atoms with Crippen LogP contribution < -0.4 is 5.63 Å². The van der Waals surface area contributed by atoms with Gasteiger partial charge in [-0.2, -0.15) is 0 Å². The van der Waals surface area contributed by atoms with Crippen molar-refractivity contribution >= 4 is 11.0 Å². The summed E-state index contributed by atoms with van der Waals surface area (Å²) in [6.07, 6.45) is 6.59. The molecule has 1 N–H and O–H groups in total. The lowest BCUT2D eigenvalue weighted by Gasteiger charge is -2.26. The maximum absolute atomic E-state index is 12.7. The molecule has 29 heavy (non-hydrogen) atoms. The van der Waals surface area contributed by atoms with Gasteiger partial charge in [0.2, 0.25) is 0 Å². The van der Waals surface area contributed by atoms with Crippen molar-refractivity contribution in [2.24, 2.45) is 0 Å². The molecule has 1 unspecified atom stereocenters. The molecular weight excluding hydrogens is 368 g/mol. The van der Waals surface area contributed by atoms with Crippen molar-refractivity contribution in [3.8, 4) is 5.75 Å². The van der Waals surface area contributed by atoms with Gasteiger partial charge in [0.15, 0.2) is 6.29 Å². The second-order valence-electron chi connectivity index (χ2n) is 8.64. The van der Waals surface area contributed by atoms with Gasteiger partial charge < -0.3 is 19.0 Å². The number of ether oxygens (including phenoxy) is 2. The van der Waals surface area contributed by atoms with Crippen molar-refractivity contribution in [1.29, 1.82) is 0 Å². The standard InChI is InChI=1S/C24H34O5/c1-5-7-8-9-12-24(3,4)16-13-19(25)22-18-15-28-21(27-6-2)11-10-17(18)23(26)29-20(22)14-16/h13-14,21,25H,5-12,15H2,1-4H3. The molecule has 0 bridgehead atoms. The van der Waals surface area contributed by atoms with Crippen LogP contribution in [-0.2, 0) is 27.9 Å². The Bertz CT molecular complexity index is 896. The third-order valence-corrected chi connectivity index (χ3v) is 6.03. The van der Waals surface area contributed by atoms with Crippen molar-refractivity contribution in [2.75, 3.05) is 6.61 Å². The summed E-state index contributed by atoms with van der Waals surface area (Å²) < 4.78 is 17.1. The van der Waals surface area contributed by atoms with Gasteiger partial charge in [0.1, 0.15) is 11.3 Å². The van der Waals surface area contributed by atoms with E-state index in [-0.39, 0.29) is 29.7 Å². The van der Waals surface area contributed by atoms with Crippen LogP contribution >= 0.6 is 0 Å². The predicted molar refractivity (Wildman–Crippen MR) is 114 cm³/mol. The van der Waals surface area contributed by atoms with Crippen LogP contribution in [0.5, 0.6) is 5.75 Å². The number of phenols is 1. The summed E-state index contributed by atoms with van der Waals surface area (Å²) in [5.74, 6) is 0.151. The molecule has 0 saturated carbocycles. The van der Waals surface area contributed by atoms with E-state index in [4.69, 9.17) is 13.9 Å². The summed E-state index contributed by atoms with van der Waals surface area (Å²) in [5.41, 5.74) is 2.28. The number of unbranched alkanes of at least 4 members (excludes halogenated alkanes) is 3. The van der Waals surface area contributed by atoms with Crippen molar-refractivity contribution in [1.82, 2.24) is 0 Å². The molecule has 0 saturated heterocycles. The van der Waals surface area contributed by atoms with E-state index < -0.39 is 0 Å². The number of aromatic hydroxyl groups is 1. The van der Waals surface area contributed by atoms with Crippen molar-refractivity contribution < 1.29 is 19.0 Å². The summed E-state index contributed by atoms with van der Waals surface area (Å²) >= 11 is 0. The zero-order chi connectivity index (χ0) is 21.0. The van der Waals surface area contributed by atoms with Crippen molar-refractivity contribution in [3.05, 3.63) is 39.2 Å². The van der Waals surface area contributed by atoms with Crippen LogP contribution in [-0.4, -0.2) is 18.0 Å². The molecule has 160 valence electrons. The van der Waals surface area contributed by atoms with Gasteiger partial charge in [0.25, 0.3) is 0 Å². The molecule has 0 aliphatic carbocycles. The molecule has 5 heteroatoms. The Morgan fingerprint density at radius 3 is 2.69 bits per heavy atom. The van der Waals surface area contributed by atoms with E-state index in [9.17, 15) is 9.90 Å². The predicted octanol–water partition coefficient (Wildman–Crippen LogP) is 5.57. The monoisotopic (exact) mass is 402 g/mol. The lowest BCUT2D eigenvalue weighted by molar-refractivity contribution is -0.146. The van der Waals surface area contributed by atoms with Crippen LogP contribution in [0, 0.1) is 0 Å². The Hall–Kier alpha value is -1.85. The van der Waals surface area contributed by atoms with E-state index >= 15 is 0 Å². The van der Waals surface area contributed by atoms with Gasteiger partial charge in [0.05, 0.1) is 12.0 Å². The van der Waals surface area contributed by atoms with Crippen LogP contribution in [0.2, 0.25) is 0 Å². The first-order valence-corrected chi connectivity index (χ1v) is 10.9. The first kappa shape index (κ1) is 21.8. The first-order chi connectivity index (χ1) is 13.9. The molecule has 1 aliphatic heterocycles. The Labute approximate surface area is 173 Å². The minimum Gasteiger partial charge on any atom is -0.507 e. The minimum absolute atomic E-state index is 0.110. The quantitative estimate of drug-likeness (QED) is 0.462. The highest BCUT2D eigenvalue weighted by atomic mass is 16.7. The molecule has 2 heterocycles. The summed E-state index contributed by atoms with van der Waals surface area (Å²) in [5, 5.41) is 11.5. The fraction of sp³-hybridized carbons (Fsp3) is 0.625. The summed E-state index contributed by atoms with van der Waals surface area (Å²) in [4.78, 5) is 12.7. The van der Waals surface area contributed by atoms with Gasteiger partial charge >= 0.3 is 5.63 Å². The molecule has 1 atom stereocenters. The maximum Gasteiger partial charge on any atom is 0.339 e. The van der Waals surface area contributed by atoms with Crippen LogP contribution in [0.25, 0.3) is 11.0 Å². The van der Waals surface area contributed by atoms with Gasteiger partial charge in [-0.05, 0) is 42.9 Å². The molecule has 5 nitrogen and oxygen atoms in total.